The van der Waals surface area contributed by atoms with Crippen LogP contribution >= 0.6 is 11.8 Å². The Labute approximate surface area is 121 Å². The number of aromatic nitrogens is 1. The summed E-state index contributed by atoms with van der Waals surface area (Å²) >= 11 is 1.30. The molecule has 1 aromatic carbocycles. The maximum absolute atomic E-state index is 12.1. The van der Waals surface area contributed by atoms with Crippen molar-refractivity contribution >= 4 is 28.8 Å². The highest BCUT2D eigenvalue weighted by Crippen LogP contribution is 2.24. The van der Waals surface area contributed by atoms with Gasteiger partial charge in [-0.15, -0.1) is 0 Å². The van der Waals surface area contributed by atoms with E-state index in [1.807, 2.05) is 24.3 Å². The minimum atomic E-state index is -0.0215. The molecule has 0 saturated carbocycles. The highest BCUT2D eigenvalue weighted by atomic mass is 32.2. The molecule has 0 radical (unpaired) electrons. The van der Waals surface area contributed by atoms with E-state index in [2.05, 4.69) is 4.98 Å². The summed E-state index contributed by atoms with van der Waals surface area (Å²) in [6, 6.07) is 7.51. The van der Waals surface area contributed by atoms with Crippen molar-refractivity contribution in [2.45, 2.75) is 24.1 Å². The smallest absolute Gasteiger partial charge is 0.257 e. The predicted octanol–water partition coefficient (Wildman–Crippen LogP) is 1.90. The molecule has 5 nitrogen and oxygen atoms in total. The number of thioether (sulfide) groups is 1. The summed E-state index contributed by atoms with van der Waals surface area (Å²) in [7, 11) is 0. The van der Waals surface area contributed by atoms with Crippen molar-refractivity contribution in [3.05, 3.63) is 24.3 Å². The fraction of sp³-hybridized carbons (Fsp3) is 0.429. The van der Waals surface area contributed by atoms with Crippen LogP contribution in [0.1, 0.15) is 12.8 Å². The number of aliphatic hydroxyl groups excluding tert-OH is 1. The summed E-state index contributed by atoms with van der Waals surface area (Å²) in [5, 5.41) is 9.75. The van der Waals surface area contributed by atoms with Crippen LogP contribution in [0.15, 0.2) is 33.9 Å². The van der Waals surface area contributed by atoms with E-state index in [1.54, 1.807) is 4.90 Å². The number of oxazole rings is 1. The Hall–Kier alpha value is -1.53. The van der Waals surface area contributed by atoms with Crippen LogP contribution in [0.25, 0.3) is 11.1 Å². The average Bonchev–Trinajstić information content (AvgIpc) is 3.10. The lowest BCUT2D eigenvalue weighted by Gasteiger charge is -2.22. The lowest BCUT2D eigenvalue weighted by atomic mass is 10.2. The van der Waals surface area contributed by atoms with Crippen LogP contribution in [0.3, 0.4) is 0 Å². The van der Waals surface area contributed by atoms with Gasteiger partial charge in [-0.05, 0) is 25.0 Å². The summed E-state index contributed by atoms with van der Waals surface area (Å²) in [5.74, 6) is 0.331. The molecular formula is C14H16N2O3S. The molecule has 1 fully saturated rings. The maximum atomic E-state index is 12.1. The van der Waals surface area contributed by atoms with Crippen LogP contribution in [0, 0.1) is 0 Å². The topological polar surface area (TPSA) is 66.6 Å². The second kappa shape index (κ2) is 5.85. The molecule has 3 rings (SSSR count). The molecule has 106 valence electrons. The van der Waals surface area contributed by atoms with Crippen molar-refractivity contribution in [2.24, 2.45) is 0 Å². The van der Waals surface area contributed by atoms with E-state index in [4.69, 9.17) is 4.42 Å². The number of carbonyl (C=O) groups excluding carboxylic acids is 1. The summed E-state index contributed by atoms with van der Waals surface area (Å²) in [6.45, 7) is 0.775. The SMILES string of the molecule is O=C(CSc1nc2ccccc2o1)N1CCC[C@H]1CO. The molecule has 20 heavy (non-hydrogen) atoms. The van der Waals surface area contributed by atoms with E-state index in [1.165, 1.54) is 11.8 Å². The van der Waals surface area contributed by atoms with Crippen LogP contribution in [0.2, 0.25) is 0 Å². The molecule has 0 aliphatic carbocycles. The fourth-order valence-corrected chi connectivity index (χ4v) is 3.20. The van der Waals surface area contributed by atoms with Crippen LogP contribution in [0.4, 0.5) is 0 Å². The largest absolute Gasteiger partial charge is 0.431 e. The Balaban J connectivity index is 1.62. The van der Waals surface area contributed by atoms with E-state index in [-0.39, 0.29) is 18.6 Å². The number of fused-ring (bicyclic) bond motifs is 1. The number of hydrogen-bond donors (Lipinski definition) is 1. The van der Waals surface area contributed by atoms with E-state index in [9.17, 15) is 9.90 Å². The number of carbonyl (C=O) groups is 1. The van der Waals surface area contributed by atoms with E-state index in [0.29, 0.717) is 11.0 Å². The van der Waals surface area contributed by atoms with Gasteiger partial charge in [0.25, 0.3) is 5.22 Å². The van der Waals surface area contributed by atoms with E-state index >= 15 is 0 Å². The van der Waals surface area contributed by atoms with Gasteiger partial charge >= 0.3 is 0 Å². The number of rotatable bonds is 4. The molecule has 1 amide bonds. The molecule has 1 saturated heterocycles. The molecule has 1 atom stereocenters. The second-order valence-corrected chi connectivity index (χ2v) is 5.73. The van der Waals surface area contributed by atoms with Crippen molar-refractivity contribution in [3.8, 4) is 0 Å². The standard InChI is InChI=1S/C14H16N2O3S/c17-8-10-4-3-7-16(10)13(18)9-20-14-15-11-5-1-2-6-12(11)19-14/h1-2,5-6,10,17H,3-4,7-9H2/t10-/m0/s1. The quantitative estimate of drug-likeness (QED) is 0.872. The predicted molar refractivity (Wildman–Crippen MR) is 76.6 cm³/mol. The zero-order chi connectivity index (χ0) is 13.9. The normalized spacial score (nSPS) is 18.9. The van der Waals surface area contributed by atoms with Crippen molar-refractivity contribution in [1.82, 2.24) is 9.88 Å². The first-order chi connectivity index (χ1) is 9.78. The number of nitrogens with zero attached hydrogens (tertiary/aromatic N) is 2. The van der Waals surface area contributed by atoms with Crippen molar-refractivity contribution in [1.29, 1.82) is 0 Å². The maximum Gasteiger partial charge on any atom is 0.257 e. The fourth-order valence-electron chi connectivity index (χ4n) is 2.47. The zero-order valence-corrected chi connectivity index (χ0v) is 11.8. The van der Waals surface area contributed by atoms with Gasteiger partial charge in [-0.1, -0.05) is 23.9 Å². The van der Waals surface area contributed by atoms with Gasteiger partial charge in [0.05, 0.1) is 18.4 Å². The molecule has 2 heterocycles. The van der Waals surface area contributed by atoms with Crippen LogP contribution in [-0.4, -0.2) is 45.8 Å². The molecule has 0 spiro atoms. The summed E-state index contributed by atoms with van der Waals surface area (Å²) in [4.78, 5) is 18.2. The van der Waals surface area contributed by atoms with Crippen molar-refractivity contribution < 1.29 is 14.3 Å². The van der Waals surface area contributed by atoms with Gasteiger partial charge in [0, 0.05) is 6.54 Å². The lowest BCUT2D eigenvalue weighted by Crippen LogP contribution is -2.38. The first kappa shape index (κ1) is 13.5. The van der Waals surface area contributed by atoms with E-state index in [0.717, 1.165) is 30.5 Å². The van der Waals surface area contributed by atoms with Crippen molar-refractivity contribution in [3.63, 3.8) is 0 Å². The Morgan fingerprint density at radius 3 is 3.15 bits per heavy atom. The molecule has 1 N–H and O–H groups in total. The average molecular weight is 292 g/mol. The minimum absolute atomic E-state index is 0.0215. The third-order valence-corrected chi connectivity index (χ3v) is 4.31. The molecule has 2 aromatic rings. The lowest BCUT2D eigenvalue weighted by molar-refractivity contribution is -0.129. The third-order valence-electron chi connectivity index (χ3n) is 3.50. The van der Waals surface area contributed by atoms with Gasteiger partial charge in [0.2, 0.25) is 5.91 Å². The van der Waals surface area contributed by atoms with Gasteiger partial charge < -0.3 is 14.4 Å². The highest BCUT2D eigenvalue weighted by molar-refractivity contribution is 7.99. The molecule has 1 aromatic heterocycles. The Bertz CT molecular complexity index is 580. The first-order valence-electron chi connectivity index (χ1n) is 6.66. The number of benzene rings is 1. The highest BCUT2D eigenvalue weighted by Gasteiger charge is 2.28. The van der Waals surface area contributed by atoms with E-state index < -0.39 is 0 Å². The molecule has 0 unspecified atom stereocenters. The van der Waals surface area contributed by atoms with Gasteiger partial charge in [-0.25, -0.2) is 4.98 Å². The Morgan fingerprint density at radius 2 is 2.35 bits per heavy atom. The van der Waals surface area contributed by atoms with Crippen LogP contribution < -0.4 is 0 Å². The van der Waals surface area contributed by atoms with Gasteiger partial charge in [0.1, 0.15) is 5.52 Å². The Morgan fingerprint density at radius 1 is 1.50 bits per heavy atom. The number of hydrogen-bond acceptors (Lipinski definition) is 5. The molecular weight excluding hydrogens is 276 g/mol. The molecule has 1 aliphatic heterocycles. The van der Waals surface area contributed by atoms with Crippen LogP contribution in [-0.2, 0) is 4.79 Å². The van der Waals surface area contributed by atoms with Gasteiger partial charge in [0.15, 0.2) is 5.58 Å². The van der Waals surface area contributed by atoms with Crippen molar-refractivity contribution in [2.75, 3.05) is 18.9 Å². The number of likely N-dealkylation sites (tertiary alicyclic amines) is 1. The Kier molecular flexibility index (Phi) is 3.93. The minimum Gasteiger partial charge on any atom is -0.431 e. The zero-order valence-electron chi connectivity index (χ0n) is 11.0. The third kappa shape index (κ3) is 2.66. The molecule has 1 aliphatic rings. The molecule has 0 bridgehead atoms. The number of amides is 1. The molecule has 6 heteroatoms. The summed E-state index contributed by atoms with van der Waals surface area (Å²) < 4.78 is 5.57. The first-order valence-corrected chi connectivity index (χ1v) is 7.65. The second-order valence-electron chi connectivity index (χ2n) is 4.80. The van der Waals surface area contributed by atoms with Crippen LogP contribution in [0.5, 0.6) is 0 Å². The monoisotopic (exact) mass is 292 g/mol. The summed E-state index contributed by atoms with van der Waals surface area (Å²) in [6.07, 6.45) is 1.85. The number of aliphatic hydroxyl groups is 1. The van der Waals surface area contributed by atoms with Gasteiger partial charge in [-0.2, -0.15) is 0 Å². The number of para-hydroxylation sites is 2. The van der Waals surface area contributed by atoms with Gasteiger partial charge in [-0.3, -0.25) is 4.79 Å². The summed E-state index contributed by atoms with van der Waals surface area (Å²) in [5.41, 5.74) is 1.54.